The summed E-state index contributed by atoms with van der Waals surface area (Å²) >= 11 is 0. The molecule has 3 atom stereocenters. The summed E-state index contributed by atoms with van der Waals surface area (Å²) in [5.41, 5.74) is 7.25. The number of hydrogen-bond donors (Lipinski definition) is 3. The van der Waals surface area contributed by atoms with Crippen LogP contribution in [-0.4, -0.2) is 32.2 Å². The van der Waals surface area contributed by atoms with Crippen LogP contribution in [0.4, 0.5) is 0 Å². The van der Waals surface area contributed by atoms with E-state index in [1.165, 1.54) is 0 Å². The van der Waals surface area contributed by atoms with Gasteiger partial charge in [0, 0.05) is 17.7 Å². The third kappa shape index (κ3) is 4.61. The molecule has 0 spiro atoms. The van der Waals surface area contributed by atoms with Crippen molar-refractivity contribution in [3.8, 4) is 11.5 Å². The maximum absolute atomic E-state index is 12.5. The molecule has 1 aliphatic heterocycles. The number of nitrogens with one attached hydrogen (secondary N) is 3. The summed E-state index contributed by atoms with van der Waals surface area (Å²) in [6.45, 7) is 6.33. The zero-order chi connectivity index (χ0) is 17.7. The van der Waals surface area contributed by atoms with Gasteiger partial charge in [-0.05, 0) is 37.8 Å². The van der Waals surface area contributed by atoms with E-state index in [4.69, 9.17) is 9.47 Å². The first-order valence-corrected chi connectivity index (χ1v) is 8.48. The SMILES string of the molecule is COc1ccc(C(C)NC(=O)C2CC(CC(C)C)NN2)c(OC)c1. The number of hydrazine groups is 1. The van der Waals surface area contributed by atoms with E-state index in [1.807, 2.05) is 25.1 Å². The van der Waals surface area contributed by atoms with Crippen LogP contribution in [0.2, 0.25) is 0 Å². The standard InChI is InChI=1S/C18H29N3O3/c1-11(2)8-13-9-16(21-20-13)18(22)19-12(3)15-7-6-14(23-4)10-17(15)24-5/h6-7,10-13,16,20-21H,8-9H2,1-5H3,(H,19,22). The normalized spacial score (nSPS) is 21.6. The second-order valence-electron chi connectivity index (χ2n) is 6.74. The van der Waals surface area contributed by atoms with Gasteiger partial charge in [0.1, 0.15) is 17.5 Å². The van der Waals surface area contributed by atoms with Gasteiger partial charge in [-0.15, -0.1) is 0 Å². The van der Waals surface area contributed by atoms with Crippen molar-refractivity contribution in [2.75, 3.05) is 14.2 Å². The maximum atomic E-state index is 12.5. The molecule has 1 aromatic rings. The molecule has 24 heavy (non-hydrogen) atoms. The van der Waals surface area contributed by atoms with Gasteiger partial charge in [-0.25, -0.2) is 5.43 Å². The number of carbonyl (C=O) groups excluding carboxylic acids is 1. The maximum Gasteiger partial charge on any atom is 0.239 e. The highest BCUT2D eigenvalue weighted by Crippen LogP contribution is 2.29. The molecular weight excluding hydrogens is 306 g/mol. The lowest BCUT2D eigenvalue weighted by molar-refractivity contribution is -0.123. The number of methoxy groups -OCH3 is 2. The smallest absolute Gasteiger partial charge is 0.239 e. The summed E-state index contributed by atoms with van der Waals surface area (Å²) in [4.78, 5) is 12.5. The first-order chi connectivity index (χ1) is 11.4. The molecule has 3 N–H and O–H groups in total. The first-order valence-electron chi connectivity index (χ1n) is 8.48. The molecule has 1 aromatic carbocycles. The number of carbonyl (C=O) groups is 1. The Balaban J connectivity index is 1.97. The molecule has 2 rings (SSSR count). The van der Waals surface area contributed by atoms with Crippen molar-refractivity contribution in [3.63, 3.8) is 0 Å². The van der Waals surface area contributed by atoms with E-state index < -0.39 is 0 Å². The van der Waals surface area contributed by atoms with Gasteiger partial charge in [-0.3, -0.25) is 10.2 Å². The molecule has 1 saturated heterocycles. The lowest BCUT2D eigenvalue weighted by Gasteiger charge is -2.20. The Kier molecular flexibility index (Phi) is 6.45. The van der Waals surface area contributed by atoms with Crippen LogP contribution in [-0.2, 0) is 4.79 Å². The molecule has 1 heterocycles. The predicted molar refractivity (Wildman–Crippen MR) is 94.0 cm³/mol. The highest BCUT2D eigenvalue weighted by molar-refractivity contribution is 5.82. The summed E-state index contributed by atoms with van der Waals surface area (Å²) < 4.78 is 10.6. The van der Waals surface area contributed by atoms with E-state index in [0.717, 1.165) is 24.2 Å². The average Bonchev–Trinajstić information content (AvgIpc) is 3.01. The minimum absolute atomic E-state index is 0.000808. The van der Waals surface area contributed by atoms with Crippen molar-refractivity contribution in [1.82, 2.24) is 16.2 Å². The van der Waals surface area contributed by atoms with Gasteiger partial charge in [0.05, 0.1) is 20.3 Å². The Morgan fingerprint density at radius 3 is 2.62 bits per heavy atom. The Morgan fingerprint density at radius 2 is 2.00 bits per heavy atom. The largest absolute Gasteiger partial charge is 0.497 e. The second-order valence-corrected chi connectivity index (χ2v) is 6.74. The van der Waals surface area contributed by atoms with E-state index in [2.05, 4.69) is 30.0 Å². The Labute approximate surface area is 144 Å². The molecular formula is C18H29N3O3. The molecule has 0 aliphatic carbocycles. The van der Waals surface area contributed by atoms with Crippen LogP contribution in [0.3, 0.4) is 0 Å². The van der Waals surface area contributed by atoms with Gasteiger partial charge in [-0.1, -0.05) is 13.8 Å². The van der Waals surface area contributed by atoms with E-state index in [-0.39, 0.29) is 18.0 Å². The minimum Gasteiger partial charge on any atom is -0.497 e. The Bertz CT molecular complexity index is 562. The number of ether oxygens (including phenoxy) is 2. The van der Waals surface area contributed by atoms with Gasteiger partial charge in [0.15, 0.2) is 0 Å². The highest BCUT2D eigenvalue weighted by atomic mass is 16.5. The van der Waals surface area contributed by atoms with Gasteiger partial charge in [0.25, 0.3) is 0 Å². The van der Waals surface area contributed by atoms with Crippen LogP contribution in [0.15, 0.2) is 18.2 Å². The van der Waals surface area contributed by atoms with Gasteiger partial charge in [-0.2, -0.15) is 0 Å². The molecule has 6 heteroatoms. The van der Waals surface area contributed by atoms with E-state index in [1.54, 1.807) is 14.2 Å². The molecule has 3 unspecified atom stereocenters. The molecule has 0 saturated carbocycles. The van der Waals surface area contributed by atoms with E-state index >= 15 is 0 Å². The predicted octanol–water partition coefficient (Wildman–Crippen LogP) is 2.16. The molecule has 1 amide bonds. The molecule has 0 radical (unpaired) electrons. The fourth-order valence-corrected chi connectivity index (χ4v) is 3.09. The topological polar surface area (TPSA) is 71.6 Å². The third-order valence-electron chi connectivity index (χ3n) is 4.32. The van der Waals surface area contributed by atoms with Crippen molar-refractivity contribution in [3.05, 3.63) is 23.8 Å². The Morgan fingerprint density at radius 1 is 1.25 bits per heavy atom. The lowest BCUT2D eigenvalue weighted by atomic mass is 9.99. The number of benzene rings is 1. The van der Waals surface area contributed by atoms with Crippen LogP contribution in [0.5, 0.6) is 11.5 Å². The number of rotatable bonds is 7. The molecule has 134 valence electrons. The number of amides is 1. The molecule has 6 nitrogen and oxygen atoms in total. The molecule has 1 aliphatic rings. The lowest BCUT2D eigenvalue weighted by Crippen LogP contribution is -2.44. The van der Waals surface area contributed by atoms with Crippen molar-refractivity contribution < 1.29 is 14.3 Å². The van der Waals surface area contributed by atoms with E-state index in [0.29, 0.717) is 17.7 Å². The first kappa shape index (κ1) is 18.5. The fraction of sp³-hybridized carbons (Fsp3) is 0.611. The molecule has 1 fully saturated rings. The van der Waals surface area contributed by atoms with Gasteiger partial charge in [0.2, 0.25) is 5.91 Å². The highest BCUT2D eigenvalue weighted by Gasteiger charge is 2.30. The van der Waals surface area contributed by atoms with Crippen molar-refractivity contribution in [1.29, 1.82) is 0 Å². The van der Waals surface area contributed by atoms with Crippen LogP contribution in [0.1, 0.15) is 45.2 Å². The van der Waals surface area contributed by atoms with Crippen molar-refractivity contribution in [2.24, 2.45) is 5.92 Å². The summed E-state index contributed by atoms with van der Waals surface area (Å²) in [5, 5.41) is 3.06. The van der Waals surface area contributed by atoms with Gasteiger partial charge < -0.3 is 14.8 Å². The summed E-state index contributed by atoms with van der Waals surface area (Å²) in [7, 11) is 3.23. The van der Waals surface area contributed by atoms with Crippen molar-refractivity contribution >= 4 is 5.91 Å². The van der Waals surface area contributed by atoms with Crippen LogP contribution in [0, 0.1) is 5.92 Å². The molecule has 0 bridgehead atoms. The van der Waals surface area contributed by atoms with Crippen LogP contribution >= 0.6 is 0 Å². The average molecular weight is 335 g/mol. The zero-order valence-corrected chi connectivity index (χ0v) is 15.2. The summed E-state index contributed by atoms with van der Waals surface area (Å²) in [6, 6.07) is 5.60. The third-order valence-corrected chi connectivity index (χ3v) is 4.32. The number of hydrogen-bond acceptors (Lipinski definition) is 5. The summed E-state index contributed by atoms with van der Waals surface area (Å²) in [6.07, 6.45) is 1.86. The van der Waals surface area contributed by atoms with Gasteiger partial charge >= 0.3 is 0 Å². The van der Waals surface area contributed by atoms with E-state index in [9.17, 15) is 4.79 Å². The fourth-order valence-electron chi connectivity index (χ4n) is 3.09. The monoisotopic (exact) mass is 335 g/mol. The van der Waals surface area contributed by atoms with Crippen molar-refractivity contribution in [2.45, 2.75) is 51.7 Å². The quantitative estimate of drug-likeness (QED) is 0.712. The Hall–Kier alpha value is -1.79. The second kappa shape index (κ2) is 8.35. The summed E-state index contributed by atoms with van der Waals surface area (Å²) in [5.74, 6) is 2.04. The van der Waals surface area contributed by atoms with Crippen LogP contribution in [0.25, 0.3) is 0 Å². The zero-order valence-electron chi connectivity index (χ0n) is 15.2. The minimum atomic E-state index is -0.208. The molecule has 0 aromatic heterocycles. The van der Waals surface area contributed by atoms with Crippen LogP contribution < -0.4 is 25.6 Å².